The van der Waals surface area contributed by atoms with Crippen molar-refractivity contribution in [1.82, 2.24) is 9.91 Å². The third kappa shape index (κ3) is 4.92. The normalized spacial score (nSPS) is 18.3. The highest BCUT2D eigenvalue weighted by atomic mass is 19.1. The molecule has 2 amide bonds. The molecule has 1 fully saturated rings. The van der Waals surface area contributed by atoms with Crippen LogP contribution in [0.5, 0.6) is 0 Å². The number of hydrazone groups is 1. The van der Waals surface area contributed by atoms with Gasteiger partial charge >= 0.3 is 0 Å². The number of rotatable bonds is 6. The Morgan fingerprint density at radius 3 is 2.55 bits per heavy atom. The summed E-state index contributed by atoms with van der Waals surface area (Å²) in [5.41, 5.74) is 1.73. The molecule has 0 spiro atoms. The third-order valence-corrected chi connectivity index (χ3v) is 6.26. The van der Waals surface area contributed by atoms with E-state index >= 15 is 0 Å². The van der Waals surface area contributed by atoms with Crippen molar-refractivity contribution in [2.75, 3.05) is 13.6 Å². The number of halogens is 1. The fraction of sp³-hybridized carbons (Fsp3) is 0.375. The summed E-state index contributed by atoms with van der Waals surface area (Å²) in [5, 5.41) is 17.1. The number of hydrogen-bond donors (Lipinski definition) is 0. The van der Waals surface area contributed by atoms with Crippen molar-refractivity contribution < 1.29 is 18.9 Å². The summed E-state index contributed by atoms with van der Waals surface area (Å²) < 4.78 is 13.4. The zero-order valence-corrected chi connectivity index (χ0v) is 18.3. The molecule has 2 aromatic carbocycles. The summed E-state index contributed by atoms with van der Waals surface area (Å²) in [6, 6.07) is 11.4. The van der Waals surface area contributed by atoms with Crippen LogP contribution < -0.4 is 0 Å². The Balaban J connectivity index is 1.60. The van der Waals surface area contributed by atoms with Gasteiger partial charge in [0.2, 0.25) is 5.91 Å². The summed E-state index contributed by atoms with van der Waals surface area (Å²) in [4.78, 5) is 38.2. The van der Waals surface area contributed by atoms with Crippen molar-refractivity contribution >= 4 is 23.2 Å². The monoisotopic (exact) mass is 452 g/mol. The van der Waals surface area contributed by atoms with Crippen LogP contribution in [0.2, 0.25) is 0 Å². The van der Waals surface area contributed by atoms with Crippen molar-refractivity contribution in [3.8, 4) is 0 Å². The van der Waals surface area contributed by atoms with Crippen LogP contribution in [-0.4, -0.2) is 46.0 Å². The number of benzene rings is 2. The molecule has 0 saturated heterocycles. The Bertz CT molecular complexity index is 1100. The molecule has 4 rings (SSSR count). The number of nitro benzene ring substituents is 1. The predicted octanol–water partition coefficient (Wildman–Crippen LogP) is 4.06. The van der Waals surface area contributed by atoms with Gasteiger partial charge in [0.15, 0.2) is 0 Å². The van der Waals surface area contributed by atoms with Crippen molar-refractivity contribution in [3.05, 3.63) is 75.6 Å². The van der Waals surface area contributed by atoms with E-state index in [2.05, 4.69) is 5.10 Å². The fourth-order valence-corrected chi connectivity index (χ4v) is 4.50. The lowest BCUT2D eigenvalue weighted by molar-refractivity contribution is -0.385. The van der Waals surface area contributed by atoms with Crippen molar-refractivity contribution in [2.24, 2.45) is 11.0 Å². The fourth-order valence-electron chi connectivity index (χ4n) is 4.50. The van der Waals surface area contributed by atoms with E-state index in [1.54, 1.807) is 31.3 Å². The first kappa shape index (κ1) is 22.6. The van der Waals surface area contributed by atoms with Gasteiger partial charge in [0.25, 0.3) is 11.6 Å². The number of amides is 2. The van der Waals surface area contributed by atoms with Crippen LogP contribution in [0.3, 0.4) is 0 Å². The second-order valence-electron chi connectivity index (χ2n) is 8.54. The van der Waals surface area contributed by atoms with Gasteiger partial charge in [0, 0.05) is 31.5 Å². The lowest BCUT2D eigenvalue weighted by atomic mass is 9.98. The number of hydrogen-bond acceptors (Lipinski definition) is 5. The highest BCUT2D eigenvalue weighted by Gasteiger charge is 2.35. The molecule has 1 aliphatic heterocycles. The van der Waals surface area contributed by atoms with Gasteiger partial charge in [-0.05, 0) is 36.1 Å². The molecule has 0 radical (unpaired) electrons. The lowest BCUT2D eigenvalue weighted by Crippen LogP contribution is -2.41. The average molecular weight is 452 g/mol. The summed E-state index contributed by atoms with van der Waals surface area (Å²) in [6.45, 7) is -0.138. The molecule has 0 aromatic heterocycles. The standard InChI is InChI=1S/C24H25FN4O4/c1-27(24(31)17-5-2-3-6-17)15-23(30)28-22(18-7-4-8-20(13-18)29(32)33)14-21(26-28)16-9-11-19(25)12-10-16/h4,7-13,17,22H,2-3,5-6,14-15H2,1H3. The van der Waals surface area contributed by atoms with E-state index in [4.69, 9.17) is 0 Å². The minimum Gasteiger partial charge on any atom is -0.336 e. The molecule has 33 heavy (non-hydrogen) atoms. The maximum Gasteiger partial charge on any atom is 0.269 e. The van der Waals surface area contributed by atoms with Crippen LogP contribution in [-0.2, 0) is 9.59 Å². The van der Waals surface area contributed by atoms with Gasteiger partial charge in [-0.2, -0.15) is 5.10 Å². The summed E-state index contributed by atoms with van der Waals surface area (Å²) >= 11 is 0. The van der Waals surface area contributed by atoms with Crippen LogP contribution in [0.1, 0.15) is 49.3 Å². The van der Waals surface area contributed by atoms with Crippen LogP contribution >= 0.6 is 0 Å². The van der Waals surface area contributed by atoms with Gasteiger partial charge in [-0.25, -0.2) is 9.40 Å². The molecule has 0 bridgehead atoms. The quantitative estimate of drug-likeness (QED) is 0.488. The molecule has 1 atom stereocenters. The molecular formula is C24H25FN4O4. The summed E-state index contributed by atoms with van der Waals surface area (Å²) in [7, 11) is 1.61. The van der Waals surface area contributed by atoms with Crippen LogP contribution in [0.15, 0.2) is 53.6 Å². The van der Waals surface area contributed by atoms with Crippen LogP contribution in [0, 0.1) is 21.8 Å². The first-order valence-electron chi connectivity index (χ1n) is 11.0. The maximum atomic E-state index is 13.4. The first-order chi connectivity index (χ1) is 15.8. The number of non-ortho nitro benzene ring substituents is 1. The highest BCUT2D eigenvalue weighted by Crippen LogP contribution is 2.34. The van der Waals surface area contributed by atoms with Gasteiger partial charge in [-0.1, -0.05) is 37.1 Å². The molecule has 1 aliphatic carbocycles. The molecule has 1 heterocycles. The van der Waals surface area contributed by atoms with Crippen molar-refractivity contribution in [2.45, 2.75) is 38.1 Å². The molecular weight excluding hydrogens is 427 g/mol. The smallest absolute Gasteiger partial charge is 0.269 e. The van der Waals surface area contributed by atoms with E-state index in [0.29, 0.717) is 23.3 Å². The Hall–Kier alpha value is -3.62. The van der Waals surface area contributed by atoms with E-state index in [1.165, 1.54) is 34.2 Å². The van der Waals surface area contributed by atoms with Gasteiger partial charge < -0.3 is 4.90 Å². The topological polar surface area (TPSA) is 96.1 Å². The largest absolute Gasteiger partial charge is 0.336 e. The average Bonchev–Trinajstić information content (AvgIpc) is 3.50. The van der Waals surface area contributed by atoms with Gasteiger partial charge in [-0.3, -0.25) is 19.7 Å². The Labute approximate surface area is 190 Å². The first-order valence-corrected chi connectivity index (χ1v) is 11.0. The molecule has 2 aliphatic rings. The minimum atomic E-state index is -0.563. The zero-order chi connectivity index (χ0) is 23.5. The second kappa shape index (κ2) is 9.48. The molecule has 1 saturated carbocycles. The number of carbonyl (C=O) groups excluding carboxylic acids is 2. The van der Waals surface area contributed by atoms with Crippen LogP contribution in [0.25, 0.3) is 0 Å². The molecule has 9 heteroatoms. The molecule has 8 nitrogen and oxygen atoms in total. The van der Waals surface area contributed by atoms with Gasteiger partial charge in [0.1, 0.15) is 12.4 Å². The van der Waals surface area contributed by atoms with E-state index in [9.17, 15) is 24.1 Å². The molecule has 1 unspecified atom stereocenters. The molecule has 172 valence electrons. The Kier molecular flexibility index (Phi) is 6.48. The molecule has 2 aromatic rings. The lowest BCUT2D eigenvalue weighted by Gasteiger charge is -2.26. The van der Waals surface area contributed by atoms with E-state index in [0.717, 1.165) is 25.7 Å². The Morgan fingerprint density at radius 1 is 1.18 bits per heavy atom. The summed E-state index contributed by atoms with van der Waals surface area (Å²) in [6.07, 6.45) is 4.03. The molecule has 0 N–H and O–H groups in total. The van der Waals surface area contributed by atoms with Gasteiger partial charge in [-0.15, -0.1) is 0 Å². The van der Waals surface area contributed by atoms with E-state index in [-0.39, 0.29) is 35.8 Å². The summed E-state index contributed by atoms with van der Waals surface area (Å²) in [5.74, 6) is -0.855. The van der Waals surface area contributed by atoms with Crippen molar-refractivity contribution in [3.63, 3.8) is 0 Å². The Morgan fingerprint density at radius 2 is 1.88 bits per heavy atom. The van der Waals surface area contributed by atoms with Crippen molar-refractivity contribution in [1.29, 1.82) is 0 Å². The number of nitro groups is 1. The van der Waals surface area contributed by atoms with Crippen LogP contribution in [0.4, 0.5) is 10.1 Å². The van der Waals surface area contributed by atoms with E-state index in [1.807, 2.05) is 0 Å². The van der Waals surface area contributed by atoms with E-state index < -0.39 is 11.0 Å². The minimum absolute atomic E-state index is 0.0466. The number of nitrogens with zero attached hydrogens (tertiary/aromatic N) is 4. The zero-order valence-electron chi connectivity index (χ0n) is 18.3. The number of likely N-dealkylation sites (N-methyl/N-ethyl adjacent to an activating group) is 1. The predicted molar refractivity (Wildman–Crippen MR) is 120 cm³/mol. The third-order valence-electron chi connectivity index (χ3n) is 6.26. The number of carbonyl (C=O) groups is 2. The van der Waals surface area contributed by atoms with Gasteiger partial charge in [0.05, 0.1) is 16.7 Å². The second-order valence-corrected chi connectivity index (χ2v) is 8.54. The maximum absolute atomic E-state index is 13.4. The SMILES string of the molecule is CN(CC(=O)N1N=C(c2ccc(F)cc2)CC1c1cccc([N+](=O)[O-])c1)C(=O)C1CCCC1. The highest BCUT2D eigenvalue weighted by molar-refractivity contribution is 6.03.